The van der Waals surface area contributed by atoms with Gasteiger partial charge in [-0.1, -0.05) is 12.1 Å². The SMILES string of the molecule is COCCOc1cc(OCCOC)c2c(=O)c3ccccc3sc2c1. The van der Waals surface area contributed by atoms with Crippen LogP contribution in [0.5, 0.6) is 11.5 Å². The lowest BCUT2D eigenvalue weighted by atomic mass is 10.1. The average molecular weight is 360 g/mol. The highest BCUT2D eigenvalue weighted by Crippen LogP contribution is 2.34. The van der Waals surface area contributed by atoms with Gasteiger partial charge in [0.15, 0.2) is 5.43 Å². The maximum absolute atomic E-state index is 12.9. The number of hydrogen-bond acceptors (Lipinski definition) is 6. The molecule has 0 radical (unpaired) electrons. The average Bonchev–Trinajstić information content (AvgIpc) is 2.62. The third-order valence-electron chi connectivity index (χ3n) is 3.72. The van der Waals surface area contributed by atoms with Crippen LogP contribution in [-0.2, 0) is 9.47 Å². The zero-order valence-corrected chi connectivity index (χ0v) is 15.1. The minimum Gasteiger partial charge on any atom is -0.491 e. The molecule has 0 aliphatic heterocycles. The van der Waals surface area contributed by atoms with Crippen LogP contribution in [0.1, 0.15) is 0 Å². The number of methoxy groups -OCH3 is 2. The molecule has 2 aromatic carbocycles. The number of ether oxygens (including phenoxy) is 4. The summed E-state index contributed by atoms with van der Waals surface area (Å²) in [6, 6.07) is 11.2. The van der Waals surface area contributed by atoms with Gasteiger partial charge in [0.1, 0.15) is 24.7 Å². The van der Waals surface area contributed by atoms with E-state index < -0.39 is 0 Å². The molecular weight excluding hydrogens is 340 g/mol. The maximum Gasteiger partial charge on any atom is 0.199 e. The number of hydrogen-bond donors (Lipinski definition) is 0. The molecule has 6 heteroatoms. The molecule has 0 bridgehead atoms. The van der Waals surface area contributed by atoms with Crippen molar-refractivity contribution in [1.29, 1.82) is 0 Å². The van der Waals surface area contributed by atoms with Crippen LogP contribution in [-0.4, -0.2) is 40.6 Å². The molecular formula is C19H20O5S. The van der Waals surface area contributed by atoms with Gasteiger partial charge in [-0.2, -0.15) is 0 Å². The summed E-state index contributed by atoms with van der Waals surface area (Å²) in [5.41, 5.74) is -0.0276. The Kier molecular flexibility index (Phi) is 5.86. The lowest BCUT2D eigenvalue weighted by Crippen LogP contribution is -2.09. The summed E-state index contributed by atoms with van der Waals surface area (Å²) in [4.78, 5) is 12.9. The van der Waals surface area contributed by atoms with Crippen LogP contribution in [0, 0.1) is 0 Å². The molecule has 0 saturated heterocycles. The van der Waals surface area contributed by atoms with Gasteiger partial charge in [0.25, 0.3) is 0 Å². The van der Waals surface area contributed by atoms with E-state index in [1.54, 1.807) is 31.6 Å². The van der Waals surface area contributed by atoms with E-state index in [-0.39, 0.29) is 5.43 Å². The first-order chi connectivity index (χ1) is 12.2. The smallest absolute Gasteiger partial charge is 0.199 e. The number of benzene rings is 2. The van der Waals surface area contributed by atoms with Crippen LogP contribution < -0.4 is 14.9 Å². The molecule has 3 aromatic rings. The molecule has 0 saturated carbocycles. The molecule has 0 unspecified atom stereocenters. The van der Waals surface area contributed by atoms with Gasteiger partial charge < -0.3 is 18.9 Å². The highest BCUT2D eigenvalue weighted by molar-refractivity contribution is 7.24. The summed E-state index contributed by atoms with van der Waals surface area (Å²) in [6.45, 7) is 1.74. The Morgan fingerprint density at radius 1 is 0.880 bits per heavy atom. The van der Waals surface area contributed by atoms with Crippen LogP contribution in [0.4, 0.5) is 0 Å². The molecule has 1 heterocycles. The first kappa shape index (κ1) is 17.7. The largest absolute Gasteiger partial charge is 0.491 e. The Morgan fingerprint density at radius 3 is 2.36 bits per heavy atom. The van der Waals surface area contributed by atoms with Crippen molar-refractivity contribution in [3.63, 3.8) is 0 Å². The molecule has 5 nitrogen and oxygen atoms in total. The monoisotopic (exact) mass is 360 g/mol. The zero-order valence-electron chi connectivity index (χ0n) is 14.2. The van der Waals surface area contributed by atoms with Crippen molar-refractivity contribution in [2.45, 2.75) is 0 Å². The number of fused-ring (bicyclic) bond motifs is 2. The molecule has 132 valence electrons. The summed E-state index contributed by atoms with van der Waals surface area (Å²) in [7, 11) is 3.24. The third-order valence-corrected chi connectivity index (χ3v) is 4.84. The van der Waals surface area contributed by atoms with E-state index in [1.807, 2.05) is 30.3 Å². The summed E-state index contributed by atoms with van der Waals surface area (Å²) >= 11 is 1.55. The fraction of sp³-hybridized carbons (Fsp3) is 0.316. The molecule has 3 rings (SSSR count). The molecule has 25 heavy (non-hydrogen) atoms. The summed E-state index contributed by atoms with van der Waals surface area (Å²) in [6.07, 6.45) is 0. The summed E-state index contributed by atoms with van der Waals surface area (Å²) in [5.74, 6) is 1.18. The number of rotatable bonds is 8. The predicted molar refractivity (Wildman–Crippen MR) is 100 cm³/mol. The van der Waals surface area contributed by atoms with E-state index >= 15 is 0 Å². The molecule has 0 fully saturated rings. The maximum atomic E-state index is 12.9. The Hall–Kier alpha value is -2.15. The topological polar surface area (TPSA) is 54.0 Å². The van der Waals surface area contributed by atoms with Gasteiger partial charge in [0.2, 0.25) is 0 Å². The van der Waals surface area contributed by atoms with Gasteiger partial charge >= 0.3 is 0 Å². The Labute approximate surface area is 149 Å². The Balaban J connectivity index is 2.12. The van der Waals surface area contributed by atoms with E-state index in [1.165, 1.54) is 0 Å². The lowest BCUT2D eigenvalue weighted by molar-refractivity contribution is 0.143. The lowest BCUT2D eigenvalue weighted by Gasteiger charge is -2.12. The van der Waals surface area contributed by atoms with Crippen molar-refractivity contribution in [2.24, 2.45) is 0 Å². The van der Waals surface area contributed by atoms with Crippen LogP contribution in [0.2, 0.25) is 0 Å². The van der Waals surface area contributed by atoms with Gasteiger partial charge in [-0.25, -0.2) is 0 Å². The second kappa shape index (κ2) is 8.29. The van der Waals surface area contributed by atoms with Crippen LogP contribution in [0.3, 0.4) is 0 Å². The van der Waals surface area contributed by atoms with Gasteiger partial charge in [-0.15, -0.1) is 11.3 Å². The van der Waals surface area contributed by atoms with Gasteiger partial charge in [-0.05, 0) is 18.2 Å². The van der Waals surface area contributed by atoms with E-state index in [0.717, 1.165) is 9.40 Å². The first-order valence-corrected chi connectivity index (χ1v) is 8.79. The van der Waals surface area contributed by atoms with E-state index in [4.69, 9.17) is 18.9 Å². The van der Waals surface area contributed by atoms with Crippen molar-refractivity contribution in [3.8, 4) is 11.5 Å². The minimum atomic E-state index is -0.0276. The van der Waals surface area contributed by atoms with Gasteiger partial charge in [0, 0.05) is 35.1 Å². The third kappa shape index (κ3) is 3.92. The van der Waals surface area contributed by atoms with Crippen LogP contribution >= 0.6 is 11.3 Å². The second-order valence-corrected chi connectivity index (χ2v) is 6.49. The normalized spacial score (nSPS) is 11.1. The Morgan fingerprint density at radius 2 is 1.60 bits per heavy atom. The molecule has 0 aliphatic rings. The van der Waals surface area contributed by atoms with Crippen molar-refractivity contribution in [1.82, 2.24) is 0 Å². The van der Waals surface area contributed by atoms with Gasteiger partial charge in [-0.3, -0.25) is 4.79 Å². The molecule has 0 spiro atoms. The molecule has 0 aliphatic carbocycles. The van der Waals surface area contributed by atoms with Gasteiger partial charge in [0.05, 0.1) is 18.6 Å². The second-order valence-electron chi connectivity index (χ2n) is 5.40. The first-order valence-electron chi connectivity index (χ1n) is 7.97. The van der Waals surface area contributed by atoms with Crippen LogP contribution in [0.15, 0.2) is 41.2 Å². The fourth-order valence-corrected chi connectivity index (χ4v) is 3.67. The Bertz CT molecular complexity index is 919. The van der Waals surface area contributed by atoms with E-state index in [0.29, 0.717) is 48.7 Å². The summed E-state index contributed by atoms with van der Waals surface area (Å²) in [5, 5.41) is 1.28. The van der Waals surface area contributed by atoms with Crippen molar-refractivity contribution in [3.05, 3.63) is 46.6 Å². The quantitative estimate of drug-likeness (QED) is 0.455. The highest BCUT2D eigenvalue weighted by Gasteiger charge is 2.13. The van der Waals surface area contributed by atoms with E-state index in [9.17, 15) is 4.79 Å². The van der Waals surface area contributed by atoms with Crippen molar-refractivity contribution in [2.75, 3.05) is 40.6 Å². The molecule has 0 atom stereocenters. The van der Waals surface area contributed by atoms with Crippen molar-refractivity contribution < 1.29 is 18.9 Å². The van der Waals surface area contributed by atoms with Crippen molar-refractivity contribution >= 4 is 31.5 Å². The molecule has 1 aromatic heterocycles. The zero-order chi connectivity index (χ0) is 17.6. The highest BCUT2D eigenvalue weighted by atomic mass is 32.1. The predicted octanol–water partition coefficient (Wildman–Crippen LogP) is 3.47. The molecule has 0 N–H and O–H groups in total. The minimum absolute atomic E-state index is 0.0276. The fourth-order valence-electron chi connectivity index (χ4n) is 2.54. The standard InChI is InChI=1S/C19H20O5S/c1-21-7-9-23-13-11-15(24-10-8-22-2)18-17(12-13)25-16-6-4-3-5-14(16)19(18)20/h3-6,11-12H,7-10H2,1-2H3. The van der Waals surface area contributed by atoms with Crippen LogP contribution in [0.25, 0.3) is 20.2 Å². The van der Waals surface area contributed by atoms with E-state index in [2.05, 4.69) is 0 Å². The summed E-state index contributed by atoms with van der Waals surface area (Å²) < 4.78 is 23.4. The molecule has 0 amide bonds.